The summed E-state index contributed by atoms with van der Waals surface area (Å²) in [5.41, 5.74) is -0.391. The van der Waals surface area contributed by atoms with E-state index in [1.54, 1.807) is 32.0 Å². The lowest BCUT2D eigenvalue weighted by Gasteiger charge is -2.06. The Hall–Kier alpha value is -2.51. The third-order valence-electron chi connectivity index (χ3n) is 3.53. The number of carbonyl (C=O) groups is 1. The predicted molar refractivity (Wildman–Crippen MR) is 96.1 cm³/mol. The number of benzene rings is 1. The van der Waals surface area contributed by atoms with Gasteiger partial charge in [-0.3, -0.25) is 4.79 Å². The summed E-state index contributed by atoms with van der Waals surface area (Å²) in [6, 6.07) is 4.79. The van der Waals surface area contributed by atoms with Crippen molar-refractivity contribution in [1.82, 2.24) is 9.97 Å². The van der Waals surface area contributed by atoms with Crippen molar-refractivity contribution in [2.24, 2.45) is 0 Å². The van der Waals surface area contributed by atoms with E-state index in [1.165, 1.54) is 0 Å². The molecule has 0 spiro atoms. The van der Waals surface area contributed by atoms with Crippen LogP contribution in [0.5, 0.6) is 5.75 Å². The van der Waals surface area contributed by atoms with Crippen molar-refractivity contribution in [3.05, 3.63) is 55.7 Å². The number of fused-ring (bicyclic) bond motifs is 1. The fourth-order valence-electron chi connectivity index (χ4n) is 2.40. The Morgan fingerprint density at radius 2 is 2.08 bits per heavy atom. The van der Waals surface area contributed by atoms with Gasteiger partial charge in [0.2, 0.25) is 5.71 Å². The van der Waals surface area contributed by atoms with Crippen LogP contribution in [0.15, 0.2) is 27.4 Å². The molecule has 2 heterocycles. The van der Waals surface area contributed by atoms with E-state index in [2.05, 4.69) is 9.97 Å². The lowest BCUT2D eigenvalue weighted by atomic mass is 10.2. The zero-order valence-corrected chi connectivity index (χ0v) is 15.4. The van der Waals surface area contributed by atoms with E-state index < -0.39 is 11.5 Å². The molecule has 1 N–H and O–H groups in total. The van der Waals surface area contributed by atoms with Crippen LogP contribution in [0.4, 0.5) is 0 Å². The van der Waals surface area contributed by atoms with Gasteiger partial charge in [-0.05, 0) is 26.0 Å². The molecule has 0 amide bonds. The van der Waals surface area contributed by atoms with Crippen molar-refractivity contribution < 1.29 is 18.7 Å². The molecule has 0 saturated heterocycles. The van der Waals surface area contributed by atoms with Gasteiger partial charge in [-0.25, -0.2) is 4.79 Å². The molecule has 0 aliphatic heterocycles. The van der Waals surface area contributed by atoms with Crippen molar-refractivity contribution in [2.45, 2.75) is 20.5 Å². The molecule has 7 nitrogen and oxygen atoms in total. The molecule has 9 heteroatoms. The molecular weight excluding hydrogens is 383 g/mol. The second-order valence-electron chi connectivity index (χ2n) is 5.31. The van der Waals surface area contributed by atoms with Gasteiger partial charge in [-0.15, -0.1) is 0 Å². The van der Waals surface area contributed by atoms with E-state index in [0.717, 1.165) is 0 Å². The number of aromatic amines is 1. The summed E-state index contributed by atoms with van der Waals surface area (Å²) in [5, 5.41) is 0.811. The normalized spacial score (nSPS) is 10.9. The average molecular weight is 397 g/mol. The minimum Gasteiger partial charge on any atom is -0.486 e. The predicted octanol–water partition coefficient (Wildman–Crippen LogP) is 3.89. The molecule has 0 bridgehead atoms. The third-order valence-corrected chi connectivity index (χ3v) is 4.27. The van der Waals surface area contributed by atoms with E-state index in [9.17, 15) is 9.59 Å². The second kappa shape index (κ2) is 7.39. The fourth-order valence-corrected chi connectivity index (χ4v) is 2.69. The summed E-state index contributed by atoms with van der Waals surface area (Å²) >= 11 is 11.8. The summed E-state index contributed by atoms with van der Waals surface area (Å²) in [4.78, 5) is 31.2. The molecule has 0 fully saturated rings. The van der Waals surface area contributed by atoms with Crippen LogP contribution < -0.4 is 10.3 Å². The molecule has 0 saturated carbocycles. The van der Waals surface area contributed by atoms with Crippen molar-refractivity contribution in [1.29, 1.82) is 0 Å². The fraction of sp³-hybridized carbons (Fsp3) is 0.235. The van der Waals surface area contributed by atoms with Crippen LogP contribution in [-0.4, -0.2) is 22.5 Å². The van der Waals surface area contributed by atoms with Crippen molar-refractivity contribution in [2.75, 3.05) is 6.61 Å². The van der Waals surface area contributed by atoms with Gasteiger partial charge in [-0.2, -0.15) is 4.98 Å². The van der Waals surface area contributed by atoms with Crippen LogP contribution in [0.25, 0.3) is 11.1 Å². The molecule has 2 aromatic heterocycles. The van der Waals surface area contributed by atoms with Crippen molar-refractivity contribution >= 4 is 40.3 Å². The monoisotopic (exact) mass is 396 g/mol. The molecule has 0 aliphatic carbocycles. The number of halogens is 2. The highest BCUT2D eigenvalue weighted by molar-refractivity contribution is 6.42. The summed E-state index contributed by atoms with van der Waals surface area (Å²) in [5.74, 6) is 0.331. The van der Waals surface area contributed by atoms with Gasteiger partial charge in [0.25, 0.3) is 5.56 Å². The maximum absolute atomic E-state index is 12.4. The first-order valence-electron chi connectivity index (χ1n) is 7.68. The van der Waals surface area contributed by atoms with Gasteiger partial charge >= 0.3 is 5.97 Å². The number of hydrogen-bond donors (Lipinski definition) is 1. The minimum absolute atomic E-state index is 0.0301. The lowest BCUT2D eigenvalue weighted by molar-refractivity contribution is 0.0526. The number of aromatic nitrogens is 2. The van der Waals surface area contributed by atoms with Gasteiger partial charge < -0.3 is 18.9 Å². The zero-order valence-electron chi connectivity index (χ0n) is 13.9. The number of nitrogens with zero attached hydrogens (tertiary/aromatic N) is 1. The number of furan rings is 1. The SMILES string of the molecule is CCOC(=O)c1c(C)oc2nc(COc3ccc(Cl)c(Cl)c3)[nH]c(=O)c12. The highest BCUT2D eigenvalue weighted by Crippen LogP contribution is 2.27. The van der Waals surface area contributed by atoms with E-state index >= 15 is 0 Å². The highest BCUT2D eigenvalue weighted by atomic mass is 35.5. The van der Waals surface area contributed by atoms with Gasteiger partial charge in [-0.1, -0.05) is 23.2 Å². The zero-order chi connectivity index (χ0) is 18.8. The first kappa shape index (κ1) is 18.3. The molecular formula is C17H14Cl2N2O5. The third kappa shape index (κ3) is 3.54. The second-order valence-corrected chi connectivity index (χ2v) is 6.13. The van der Waals surface area contributed by atoms with Crippen molar-refractivity contribution in [3.63, 3.8) is 0 Å². The molecule has 0 atom stereocenters. The molecule has 0 aliphatic rings. The number of aryl methyl sites for hydroxylation is 1. The Morgan fingerprint density at radius 3 is 2.77 bits per heavy atom. The quantitative estimate of drug-likeness (QED) is 0.657. The largest absolute Gasteiger partial charge is 0.486 e. The van der Waals surface area contributed by atoms with Crippen molar-refractivity contribution in [3.8, 4) is 5.75 Å². The maximum Gasteiger partial charge on any atom is 0.342 e. The lowest BCUT2D eigenvalue weighted by Crippen LogP contribution is -2.16. The first-order chi connectivity index (χ1) is 12.4. The topological polar surface area (TPSA) is 94.4 Å². The van der Waals surface area contributed by atoms with Gasteiger partial charge in [0.05, 0.1) is 16.7 Å². The van der Waals surface area contributed by atoms with Crippen LogP contribution in [0, 0.1) is 6.92 Å². The van der Waals surface area contributed by atoms with Crippen LogP contribution in [0.3, 0.4) is 0 Å². The number of esters is 1. The van der Waals surface area contributed by atoms with Gasteiger partial charge in [0.15, 0.2) is 5.82 Å². The summed E-state index contributed by atoms with van der Waals surface area (Å²) < 4.78 is 16.0. The van der Waals surface area contributed by atoms with E-state index in [-0.39, 0.29) is 41.5 Å². The summed E-state index contributed by atoms with van der Waals surface area (Å²) in [7, 11) is 0. The molecule has 0 radical (unpaired) electrons. The van der Waals surface area contributed by atoms with E-state index in [4.69, 9.17) is 37.1 Å². The van der Waals surface area contributed by atoms with Gasteiger partial charge in [0, 0.05) is 6.07 Å². The standard InChI is InChI=1S/C17H14Cl2N2O5/c1-3-24-17(23)13-8(2)26-16-14(13)15(22)20-12(21-16)7-25-9-4-5-10(18)11(19)6-9/h4-6H,3,7H2,1-2H3,(H,20,21,22). The molecule has 26 heavy (non-hydrogen) atoms. The van der Waals surface area contributed by atoms with Crippen LogP contribution in [0.1, 0.15) is 28.9 Å². The number of H-pyrrole nitrogens is 1. The Labute approximate surface area is 157 Å². The average Bonchev–Trinajstić information content (AvgIpc) is 2.92. The van der Waals surface area contributed by atoms with E-state index in [0.29, 0.717) is 15.8 Å². The first-order valence-corrected chi connectivity index (χ1v) is 8.43. The van der Waals surface area contributed by atoms with Crippen LogP contribution in [-0.2, 0) is 11.3 Å². The Bertz CT molecular complexity index is 1040. The Morgan fingerprint density at radius 1 is 1.31 bits per heavy atom. The van der Waals surface area contributed by atoms with E-state index in [1.807, 2.05) is 0 Å². The number of nitrogens with one attached hydrogen (secondary N) is 1. The maximum atomic E-state index is 12.4. The molecule has 136 valence electrons. The smallest absolute Gasteiger partial charge is 0.342 e. The van der Waals surface area contributed by atoms with Gasteiger partial charge in [0.1, 0.15) is 29.1 Å². The van der Waals surface area contributed by atoms with Crippen LogP contribution in [0.2, 0.25) is 10.0 Å². The number of hydrogen-bond acceptors (Lipinski definition) is 6. The highest BCUT2D eigenvalue weighted by Gasteiger charge is 2.23. The molecule has 1 aromatic carbocycles. The minimum atomic E-state index is -0.629. The Kier molecular flexibility index (Phi) is 5.20. The van der Waals surface area contributed by atoms with Crippen LogP contribution >= 0.6 is 23.2 Å². The summed E-state index contributed by atoms with van der Waals surface area (Å²) in [6.45, 7) is 3.40. The summed E-state index contributed by atoms with van der Waals surface area (Å²) in [6.07, 6.45) is 0. The molecule has 3 aromatic rings. The molecule has 0 unspecified atom stereocenters. The Balaban J connectivity index is 1.90. The number of rotatable bonds is 5. The number of carbonyl (C=O) groups excluding carboxylic acids is 1. The molecule has 3 rings (SSSR count). The number of ether oxygens (including phenoxy) is 2.